The molecule has 0 bridgehead atoms. The van der Waals surface area contributed by atoms with E-state index in [1.807, 2.05) is 24.3 Å². The third-order valence-electron chi connectivity index (χ3n) is 5.78. The number of anilines is 1. The molecule has 6 heteroatoms. The van der Waals surface area contributed by atoms with Crippen molar-refractivity contribution in [2.24, 2.45) is 11.8 Å². The first-order valence-corrected chi connectivity index (χ1v) is 10.8. The Morgan fingerprint density at radius 2 is 1.76 bits per heavy atom. The van der Waals surface area contributed by atoms with Crippen molar-refractivity contribution in [3.8, 4) is 0 Å². The smallest absolute Gasteiger partial charge is 0.230 e. The molecule has 0 radical (unpaired) electrons. The van der Waals surface area contributed by atoms with Gasteiger partial charge in [-0.2, -0.15) is 0 Å². The van der Waals surface area contributed by atoms with Crippen molar-refractivity contribution < 1.29 is 9.59 Å². The molecule has 1 unspecified atom stereocenters. The highest BCUT2D eigenvalue weighted by molar-refractivity contribution is 6.31. The molecule has 0 spiro atoms. The Labute approximate surface area is 182 Å². The van der Waals surface area contributed by atoms with E-state index >= 15 is 0 Å². The molecule has 2 aromatic rings. The van der Waals surface area contributed by atoms with Crippen LogP contribution in [-0.2, 0) is 9.59 Å². The maximum absolute atomic E-state index is 13.5. The van der Waals surface area contributed by atoms with E-state index in [1.165, 1.54) is 0 Å². The zero-order chi connectivity index (χ0) is 21.0. The Balaban J connectivity index is 1.99. The number of hydrogen-bond acceptors (Lipinski definition) is 2. The van der Waals surface area contributed by atoms with E-state index in [1.54, 1.807) is 24.3 Å². The van der Waals surface area contributed by atoms with Crippen LogP contribution in [0.15, 0.2) is 48.5 Å². The lowest BCUT2D eigenvalue weighted by molar-refractivity contribution is -0.130. The lowest BCUT2D eigenvalue weighted by Crippen LogP contribution is -2.55. The Morgan fingerprint density at radius 1 is 1.10 bits per heavy atom. The summed E-state index contributed by atoms with van der Waals surface area (Å²) in [6.45, 7) is 4.19. The molecule has 4 nitrogen and oxygen atoms in total. The largest absolute Gasteiger partial charge is 0.352 e. The van der Waals surface area contributed by atoms with Crippen LogP contribution in [0, 0.1) is 11.8 Å². The van der Waals surface area contributed by atoms with Crippen LogP contribution in [0.1, 0.15) is 44.6 Å². The molecular formula is C23H26Cl2N2O2. The van der Waals surface area contributed by atoms with Gasteiger partial charge >= 0.3 is 0 Å². The molecule has 3 atom stereocenters. The van der Waals surface area contributed by atoms with E-state index in [2.05, 4.69) is 24.5 Å². The van der Waals surface area contributed by atoms with Gasteiger partial charge < -0.3 is 10.6 Å². The number of piperidine rings is 1. The van der Waals surface area contributed by atoms with Crippen molar-refractivity contribution in [3.63, 3.8) is 0 Å². The molecule has 1 saturated heterocycles. The molecule has 1 aliphatic heterocycles. The van der Waals surface area contributed by atoms with Crippen LogP contribution < -0.4 is 10.6 Å². The second-order valence-corrected chi connectivity index (χ2v) is 8.43. The first-order valence-electron chi connectivity index (χ1n) is 10.0. The molecule has 2 aromatic carbocycles. The fraction of sp³-hybridized carbons (Fsp3) is 0.391. The van der Waals surface area contributed by atoms with Crippen LogP contribution in [0.3, 0.4) is 0 Å². The number of amides is 2. The summed E-state index contributed by atoms with van der Waals surface area (Å²) in [5.74, 6) is -0.592. The first-order chi connectivity index (χ1) is 13.9. The summed E-state index contributed by atoms with van der Waals surface area (Å²) in [6, 6.07) is 14.3. The third kappa shape index (κ3) is 5.12. The van der Waals surface area contributed by atoms with E-state index in [0.29, 0.717) is 15.7 Å². The number of carbonyl (C=O) groups excluding carboxylic acids is 2. The predicted molar refractivity (Wildman–Crippen MR) is 118 cm³/mol. The van der Waals surface area contributed by atoms with Crippen LogP contribution >= 0.6 is 23.2 Å². The molecule has 2 N–H and O–H groups in total. The summed E-state index contributed by atoms with van der Waals surface area (Å²) >= 11 is 12.3. The highest BCUT2D eigenvalue weighted by atomic mass is 35.5. The standard InChI is InChI=1S/C23H26Cl2N2O2/c1-3-14(4-2)22-21(23(29)26-18-10-6-9-17(25)12-18)19(13-20(28)27-22)15-7-5-8-16(24)11-15/h5-12,14,19,21-22H,3-4,13H2,1-2H3,(H,26,29)(H,27,28)/t19-,21?,22+/m0/s1. The fourth-order valence-corrected chi connectivity index (χ4v) is 4.71. The SMILES string of the molecule is CCC(CC)[C@H]1NC(=O)C[C@@H](c2cccc(Cl)c2)C1C(=O)Nc1cccc(Cl)c1. The number of carbonyl (C=O) groups is 2. The molecule has 0 aromatic heterocycles. The molecule has 29 heavy (non-hydrogen) atoms. The highest BCUT2D eigenvalue weighted by Crippen LogP contribution is 2.39. The maximum atomic E-state index is 13.5. The Kier molecular flexibility index (Phi) is 7.20. The van der Waals surface area contributed by atoms with Gasteiger partial charge in [0.15, 0.2) is 0 Å². The predicted octanol–water partition coefficient (Wildman–Crippen LogP) is 5.66. The quantitative estimate of drug-likeness (QED) is 0.618. The minimum absolute atomic E-state index is 0.0290. The Morgan fingerprint density at radius 3 is 2.38 bits per heavy atom. The van der Waals surface area contributed by atoms with Crippen molar-refractivity contribution in [2.45, 2.75) is 45.1 Å². The van der Waals surface area contributed by atoms with Gasteiger partial charge in [0.05, 0.1) is 5.92 Å². The van der Waals surface area contributed by atoms with Crippen molar-refractivity contribution >= 4 is 40.7 Å². The van der Waals surface area contributed by atoms with Crippen LogP contribution in [0.4, 0.5) is 5.69 Å². The Hall–Kier alpha value is -2.04. The molecule has 2 amide bonds. The van der Waals surface area contributed by atoms with Gasteiger partial charge in [-0.3, -0.25) is 9.59 Å². The van der Waals surface area contributed by atoms with Crippen molar-refractivity contribution in [3.05, 3.63) is 64.1 Å². The van der Waals surface area contributed by atoms with Gasteiger partial charge in [-0.1, -0.05) is 68.1 Å². The summed E-state index contributed by atoms with van der Waals surface area (Å²) in [7, 11) is 0. The molecule has 0 saturated carbocycles. The zero-order valence-electron chi connectivity index (χ0n) is 16.6. The van der Waals surface area contributed by atoms with Gasteiger partial charge in [0.1, 0.15) is 0 Å². The second kappa shape index (κ2) is 9.64. The average molecular weight is 433 g/mol. The summed E-state index contributed by atoms with van der Waals surface area (Å²) in [6.07, 6.45) is 2.01. The molecule has 154 valence electrons. The van der Waals surface area contributed by atoms with Crippen molar-refractivity contribution in [2.75, 3.05) is 5.32 Å². The minimum atomic E-state index is -0.407. The van der Waals surface area contributed by atoms with Crippen molar-refractivity contribution in [1.29, 1.82) is 0 Å². The van der Waals surface area contributed by atoms with Gasteiger partial charge in [0, 0.05) is 34.1 Å². The number of rotatable bonds is 6. The zero-order valence-corrected chi connectivity index (χ0v) is 18.1. The van der Waals surface area contributed by atoms with Crippen molar-refractivity contribution in [1.82, 2.24) is 5.32 Å². The topological polar surface area (TPSA) is 58.2 Å². The van der Waals surface area contributed by atoms with Crippen LogP contribution in [0.5, 0.6) is 0 Å². The summed E-state index contributed by atoms with van der Waals surface area (Å²) in [5.41, 5.74) is 1.56. The van der Waals surface area contributed by atoms with Gasteiger partial charge in [-0.05, 0) is 41.8 Å². The van der Waals surface area contributed by atoms with Crippen LogP contribution in [0.2, 0.25) is 10.0 Å². The highest BCUT2D eigenvalue weighted by Gasteiger charge is 2.44. The second-order valence-electron chi connectivity index (χ2n) is 7.56. The van der Waals surface area contributed by atoms with E-state index < -0.39 is 5.92 Å². The molecule has 3 rings (SSSR count). The van der Waals surface area contributed by atoms with E-state index in [0.717, 1.165) is 18.4 Å². The van der Waals surface area contributed by atoms with Gasteiger partial charge in [-0.15, -0.1) is 0 Å². The fourth-order valence-electron chi connectivity index (χ4n) is 4.32. The number of halogens is 2. The molecule has 0 aliphatic carbocycles. The van der Waals surface area contributed by atoms with Crippen LogP contribution in [-0.4, -0.2) is 17.9 Å². The lowest BCUT2D eigenvalue weighted by Gasteiger charge is -2.41. The summed E-state index contributed by atoms with van der Waals surface area (Å²) in [5, 5.41) is 7.27. The molecule has 1 fully saturated rings. The third-order valence-corrected chi connectivity index (χ3v) is 6.25. The number of benzene rings is 2. The van der Waals surface area contributed by atoms with Gasteiger partial charge in [0.2, 0.25) is 11.8 Å². The lowest BCUT2D eigenvalue weighted by atomic mass is 9.71. The van der Waals surface area contributed by atoms with Gasteiger partial charge in [-0.25, -0.2) is 0 Å². The summed E-state index contributed by atoms with van der Waals surface area (Å²) in [4.78, 5) is 26.0. The molecular weight excluding hydrogens is 407 g/mol. The Bertz CT molecular complexity index is 883. The maximum Gasteiger partial charge on any atom is 0.230 e. The average Bonchev–Trinajstić information content (AvgIpc) is 2.68. The number of hydrogen-bond donors (Lipinski definition) is 2. The monoisotopic (exact) mass is 432 g/mol. The molecule has 1 aliphatic rings. The van der Waals surface area contributed by atoms with Gasteiger partial charge in [0.25, 0.3) is 0 Å². The van der Waals surface area contributed by atoms with E-state index in [9.17, 15) is 9.59 Å². The van der Waals surface area contributed by atoms with E-state index in [4.69, 9.17) is 23.2 Å². The molecule has 1 heterocycles. The first kappa shape index (κ1) is 21.7. The number of nitrogens with one attached hydrogen (secondary N) is 2. The van der Waals surface area contributed by atoms with E-state index in [-0.39, 0.29) is 36.1 Å². The minimum Gasteiger partial charge on any atom is -0.352 e. The van der Waals surface area contributed by atoms with Crippen LogP contribution in [0.25, 0.3) is 0 Å². The normalized spacial score (nSPS) is 21.7. The summed E-state index contributed by atoms with van der Waals surface area (Å²) < 4.78 is 0.